The van der Waals surface area contributed by atoms with Crippen LogP contribution in [0, 0.1) is 0 Å². The maximum atomic E-state index is 5.50. The van der Waals surface area contributed by atoms with Gasteiger partial charge in [-0.1, -0.05) is 36.2 Å². The first-order valence-electron chi connectivity index (χ1n) is 5.36. The minimum atomic E-state index is 0.658. The van der Waals surface area contributed by atoms with Crippen LogP contribution in [-0.2, 0) is 4.74 Å². The van der Waals surface area contributed by atoms with Crippen molar-refractivity contribution in [3.8, 4) is 0 Å². The molecule has 3 aliphatic rings. The van der Waals surface area contributed by atoms with Crippen molar-refractivity contribution in [1.29, 1.82) is 0 Å². The van der Waals surface area contributed by atoms with Gasteiger partial charge in [0.1, 0.15) is 0 Å². The van der Waals surface area contributed by atoms with Crippen LogP contribution in [0.1, 0.15) is 0 Å². The third kappa shape index (κ3) is 2.10. The van der Waals surface area contributed by atoms with E-state index >= 15 is 0 Å². The Kier molecular flexibility index (Phi) is 3.12. The van der Waals surface area contributed by atoms with Gasteiger partial charge in [0.25, 0.3) is 0 Å². The number of nitrogens with zero attached hydrogens (tertiary/aromatic N) is 2. The smallest absolute Gasteiger partial charge is 0.165 e. The van der Waals surface area contributed by atoms with Crippen LogP contribution in [0.15, 0.2) is 27.7 Å². The van der Waals surface area contributed by atoms with Gasteiger partial charge in [0.05, 0.1) is 29.5 Å². The molecule has 1 aliphatic carbocycles. The summed E-state index contributed by atoms with van der Waals surface area (Å²) in [5.74, 6) is 0. The molecule has 0 aromatic heterocycles. The van der Waals surface area contributed by atoms with Gasteiger partial charge in [-0.05, 0) is 12.2 Å². The molecule has 0 saturated carbocycles. The highest BCUT2D eigenvalue weighted by atomic mass is 32.2. The average Bonchev–Trinajstić information content (AvgIpc) is 2.72. The van der Waals surface area contributed by atoms with Crippen LogP contribution >= 0.6 is 36.2 Å². The van der Waals surface area contributed by atoms with Crippen molar-refractivity contribution in [2.45, 2.75) is 0 Å². The molecule has 1 saturated heterocycles. The lowest BCUT2D eigenvalue weighted by atomic mass is 10.1. The van der Waals surface area contributed by atoms with E-state index in [1.165, 1.54) is 11.8 Å². The summed E-state index contributed by atoms with van der Waals surface area (Å²) in [5, 5.41) is 0. The number of thioether (sulfide) groups is 1. The van der Waals surface area contributed by atoms with Gasteiger partial charge in [0.2, 0.25) is 0 Å². The second-order valence-electron chi connectivity index (χ2n) is 3.84. The summed E-state index contributed by atoms with van der Waals surface area (Å²) in [6.45, 7) is 3.30. The summed E-state index contributed by atoms with van der Waals surface area (Å²) in [6, 6.07) is 0. The van der Waals surface area contributed by atoms with Gasteiger partial charge in [0, 0.05) is 18.0 Å². The molecule has 1 fully saturated rings. The van der Waals surface area contributed by atoms with Gasteiger partial charge >= 0.3 is 0 Å². The quantitative estimate of drug-likeness (QED) is 0.685. The number of ether oxygens (including phenoxy) is 1. The number of hydrogen-bond acceptors (Lipinski definition) is 5. The van der Waals surface area contributed by atoms with Crippen molar-refractivity contribution < 1.29 is 4.74 Å². The molecule has 88 valence electrons. The van der Waals surface area contributed by atoms with E-state index in [2.05, 4.69) is 22.0 Å². The topological polar surface area (TPSA) is 24.8 Å². The molecule has 0 atom stereocenters. The van der Waals surface area contributed by atoms with Crippen molar-refractivity contribution >= 4 is 51.1 Å². The van der Waals surface area contributed by atoms with Crippen LogP contribution in [0.2, 0.25) is 0 Å². The second kappa shape index (κ2) is 4.61. The lowest BCUT2D eigenvalue weighted by molar-refractivity contribution is 0.0566. The monoisotopic (exact) mass is 282 g/mol. The van der Waals surface area contributed by atoms with Crippen molar-refractivity contribution in [2.75, 3.05) is 26.3 Å². The lowest BCUT2D eigenvalue weighted by Gasteiger charge is -2.32. The van der Waals surface area contributed by atoms with Gasteiger partial charge in [-0.15, -0.1) is 0 Å². The Morgan fingerprint density at radius 1 is 1.24 bits per heavy atom. The second-order valence-corrected chi connectivity index (χ2v) is 5.92. The normalized spacial score (nSPS) is 24.2. The number of morpholine rings is 1. The van der Waals surface area contributed by atoms with Gasteiger partial charge in [0.15, 0.2) is 4.32 Å². The molecule has 0 aromatic rings. The molecule has 3 nitrogen and oxygen atoms in total. The Morgan fingerprint density at radius 3 is 2.76 bits per heavy atom. The summed E-state index contributed by atoms with van der Waals surface area (Å²) in [7, 11) is 0. The van der Waals surface area contributed by atoms with E-state index in [9.17, 15) is 0 Å². The first-order chi connectivity index (χ1) is 8.25. The van der Waals surface area contributed by atoms with Crippen LogP contribution in [0.5, 0.6) is 0 Å². The van der Waals surface area contributed by atoms with Crippen molar-refractivity contribution in [2.24, 2.45) is 4.99 Å². The lowest BCUT2D eigenvalue weighted by Crippen LogP contribution is -2.39. The minimum Gasteiger partial charge on any atom is -0.378 e. The highest BCUT2D eigenvalue weighted by molar-refractivity contribution is 8.26. The molecule has 0 radical (unpaired) electrons. The number of rotatable bonds is 1. The fourth-order valence-electron chi connectivity index (χ4n) is 1.99. The zero-order chi connectivity index (χ0) is 11.8. The minimum absolute atomic E-state index is 0.658. The number of thiocarbonyl (C=S) groups is 2. The molecule has 0 N–H and O–H groups in total. The fourth-order valence-corrected chi connectivity index (χ4v) is 3.48. The van der Waals surface area contributed by atoms with Crippen molar-refractivity contribution in [3.05, 3.63) is 22.8 Å². The Hall–Kier alpha value is -0.560. The van der Waals surface area contributed by atoms with E-state index < -0.39 is 0 Å². The summed E-state index contributed by atoms with van der Waals surface area (Å²) < 4.78 is 6.00. The highest BCUT2D eigenvalue weighted by Crippen LogP contribution is 2.33. The molecular weight excluding hydrogens is 272 g/mol. The number of aliphatic imine (C=N–C) groups is 1. The molecule has 0 bridgehead atoms. The molecule has 2 heterocycles. The van der Waals surface area contributed by atoms with E-state index in [1.54, 1.807) is 0 Å². The number of fused-ring (bicyclic) bond motifs is 1. The van der Waals surface area contributed by atoms with Gasteiger partial charge in [-0.25, -0.2) is 4.99 Å². The largest absolute Gasteiger partial charge is 0.378 e. The Morgan fingerprint density at radius 2 is 2.00 bits per heavy atom. The van der Waals surface area contributed by atoms with Gasteiger partial charge in [-0.2, -0.15) is 0 Å². The first kappa shape index (κ1) is 11.5. The SMILES string of the molecule is S=C1N=C2C(=S)C(N3CCOCC3)=CC=C2S1. The zero-order valence-corrected chi connectivity index (χ0v) is 11.5. The molecule has 0 amide bonds. The average molecular weight is 282 g/mol. The third-order valence-corrected chi connectivity index (χ3v) is 4.38. The third-order valence-electron chi connectivity index (χ3n) is 2.83. The molecule has 0 aromatic carbocycles. The number of hydrogen-bond donors (Lipinski definition) is 0. The Bertz CT molecular complexity index is 487. The number of allylic oxidation sites excluding steroid dienone is 4. The van der Waals surface area contributed by atoms with Crippen LogP contribution in [0.3, 0.4) is 0 Å². The molecule has 2 aliphatic heterocycles. The van der Waals surface area contributed by atoms with Crippen LogP contribution in [0.25, 0.3) is 0 Å². The van der Waals surface area contributed by atoms with E-state index in [0.29, 0.717) is 4.32 Å². The van der Waals surface area contributed by atoms with E-state index in [0.717, 1.165) is 47.5 Å². The van der Waals surface area contributed by atoms with Gasteiger partial charge in [-0.3, -0.25) is 0 Å². The standard InChI is InChI=1S/C11H10N2OS3/c15-10-7(13-3-5-14-6-4-13)1-2-8-9(10)12-11(16)17-8/h1-2H,3-6H2. The summed E-state index contributed by atoms with van der Waals surface area (Å²) in [5.41, 5.74) is 1.95. The summed E-state index contributed by atoms with van der Waals surface area (Å²) in [4.78, 5) is 8.49. The van der Waals surface area contributed by atoms with Gasteiger partial charge < -0.3 is 9.64 Å². The van der Waals surface area contributed by atoms with Crippen LogP contribution in [-0.4, -0.2) is 46.1 Å². The zero-order valence-electron chi connectivity index (χ0n) is 9.01. The van der Waals surface area contributed by atoms with E-state index in [4.69, 9.17) is 29.2 Å². The molecule has 0 unspecified atom stereocenters. The summed E-state index contributed by atoms with van der Waals surface area (Å²) in [6.07, 6.45) is 4.13. The Labute approximate surface area is 115 Å². The molecule has 6 heteroatoms. The maximum absolute atomic E-state index is 5.50. The van der Waals surface area contributed by atoms with Crippen molar-refractivity contribution in [1.82, 2.24) is 4.90 Å². The molecular formula is C11H10N2OS3. The highest BCUT2D eigenvalue weighted by Gasteiger charge is 2.29. The Balaban J connectivity index is 1.90. The maximum Gasteiger partial charge on any atom is 0.165 e. The predicted octanol–water partition coefficient (Wildman–Crippen LogP) is 1.94. The predicted molar refractivity (Wildman–Crippen MR) is 78.8 cm³/mol. The van der Waals surface area contributed by atoms with E-state index in [1.807, 2.05) is 0 Å². The first-order valence-corrected chi connectivity index (χ1v) is 6.99. The fraction of sp³-hybridized carbons (Fsp3) is 0.364. The van der Waals surface area contributed by atoms with Crippen molar-refractivity contribution in [3.63, 3.8) is 0 Å². The molecule has 17 heavy (non-hydrogen) atoms. The molecule has 0 spiro atoms. The summed E-state index contributed by atoms with van der Waals surface area (Å²) >= 11 is 12.1. The molecule has 3 rings (SSSR count). The van der Waals surface area contributed by atoms with Crippen LogP contribution < -0.4 is 0 Å². The van der Waals surface area contributed by atoms with Crippen LogP contribution in [0.4, 0.5) is 0 Å². The van der Waals surface area contributed by atoms with E-state index in [-0.39, 0.29) is 0 Å².